The Morgan fingerprint density at radius 2 is 1.66 bits per heavy atom. The molecular formula is C30H40ClNO5S. The first-order valence-corrected chi connectivity index (χ1v) is 15.0. The number of nitrogens with one attached hydrogen (secondary N) is 1. The number of amides is 1. The van der Waals surface area contributed by atoms with Crippen molar-refractivity contribution in [2.24, 2.45) is 0 Å². The fourth-order valence-corrected chi connectivity index (χ4v) is 6.01. The van der Waals surface area contributed by atoms with Crippen LogP contribution in [0, 0.1) is 0 Å². The van der Waals surface area contributed by atoms with E-state index in [1.54, 1.807) is 27.4 Å². The molecule has 6 nitrogen and oxygen atoms in total. The summed E-state index contributed by atoms with van der Waals surface area (Å²) in [6.07, 6.45) is 11.5. The lowest BCUT2D eigenvalue weighted by Crippen LogP contribution is -2.28. The Bertz CT molecular complexity index is 1190. The van der Waals surface area contributed by atoms with E-state index < -0.39 is 0 Å². The minimum atomic E-state index is -0.345. The Hall–Kier alpha value is -2.38. The highest BCUT2D eigenvalue weighted by Crippen LogP contribution is 2.54. The lowest BCUT2D eigenvalue weighted by molar-refractivity contribution is -0.122. The number of hydrogen-bond donors (Lipinski definition) is 1. The van der Waals surface area contributed by atoms with Crippen LogP contribution in [0.15, 0.2) is 27.9 Å². The van der Waals surface area contributed by atoms with Crippen molar-refractivity contribution in [1.29, 1.82) is 0 Å². The molecule has 8 heteroatoms. The fourth-order valence-electron chi connectivity index (χ4n) is 5.20. The summed E-state index contributed by atoms with van der Waals surface area (Å²) in [6, 6.07) is 5.05. The SMILES string of the molecule is CCCCCCCCCC(=O)N[C@H]1CCc2c(Cl)c(OC)c(OC)c(OC)c2-c2ccc(SC)c(=O)cc21. The highest BCUT2D eigenvalue weighted by molar-refractivity contribution is 7.98. The van der Waals surface area contributed by atoms with Crippen molar-refractivity contribution in [3.63, 3.8) is 0 Å². The second-order valence-corrected chi connectivity index (χ2v) is 10.8. The van der Waals surface area contributed by atoms with Crippen molar-refractivity contribution < 1.29 is 19.0 Å². The molecule has 1 amide bonds. The van der Waals surface area contributed by atoms with Crippen molar-refractivity contribution in [2.75, 3.05) is 27.6 Å². The molecule has 3 rings (SSSR count). The highest BCUT2D eigenvalue weighted by atomic mass is 35.5. The van der Waals surface area contributed by atoms with Gasteiger partial charge in [-0.05, 0) is 54.3 Å². The second kappa shape index (κ2) is 14.7. The molecule has 1 atom stereocenters. The summed E-state index contributed by atoms with van der Waals surface area (Å²) in [5, 5.41) is 3.67. The van der Waals surface area contributed by atoms with Crippen LogP contribution in [-0.4, -0.2) is 33.5 Å². The van der Waals surface area contributed by atoms with Crippen molar-refractivity contribution in [3.05, 3.63) is 44.6 Å². The van der Waals surface area contributed by atoms with Crippen molar-refractivity contribution in [2.45, 2.75) is 82.1 Å². The van der Waals surface area contributed by atoms with Gasteiger partial charge in [-0.15, -0.1) is 11.8 Å². The number of benzene rings is 1. The Morgan fingerprint density at radius 3 is 2.29 bits per heavy atom. The third kappa shape index (κ3) is 6.78. The number of carbonyl (C=O) groups excluding carboxylic acids is 1. The maximum absolute atomic E-state index is 13.1. The lowest BCUT2D eigenvalue weighted by atomic mass is 9.95. The van der Waals surface area contributed by atoms with Crippen molar-refractivity contribution >= 4 is 29.3 Å². The van der Waals surface area contributed by atoms with E-state index in [0.717, 1.165) is 41.5 Å². The summed E-state index contributed by atoms with van der Waals surface area (Å²) in [6.45, 7) is 2.21. The zero-order valence-corrected chi connectivity index (χ0v) is 24.8. The molecule has 38 heavy (non-hydrogen) atoms. The smallest absolute Gasteiger partial charge is 0.220 e. The van der Waals surface area contributed by atoms with Crippen LogP contribution in [0.25, 0.3) is 11.1 Å². The number of fused-ring (bicyclic) bond motifs is 3. The minimum Gasteiger partial charge on any atom is -0.492 e. The normalized spacial score (nSPS) is 14.2. The molecule has 0 spiro atoms. The van der Waals surface area contributed by atoms with E-state index in [4.69, 9.17) is 25.8 Å². The maximum atomic E-state index is 13.1. The van der Waals surface area contributed by atoms with Crippen molar-refractivity contribution in [3.8, 4) is 28.4 Å². The monoisotopic (exact) mass is 561 g/mol. The van der Waals surface area contributed by atoms with E-state index >= 15 is 0 Å². The molecule has 1 N–H and O–H groups in total. The summed E-state index contributed by atoms with van der Waals surface area (Å²) in [5.74, 6) is 1.29. The molecule has 0 radical (unpaired) electrons. The van der Waals surface area contributed by atoms with Crippen LogP contribution in [0.2, 0.25) is 5.02 Å². The molecule has 0 unspecified atom stereocenters. The van der Waals surface area contributed by atoms with E-state index in [2.05, 4.69) is 12.2 Å². The van der Waals surface area contributed by atoms with Gasteiger partial charge in [-0.2, -0.15) is 0 Å². The number of rotatable bonds is 13. The molecule has 1 aliphatic carbocycles. The van der Waals surface area contributed by atoms with E-state index in [0.29, 0.717) is 46.4 Å². The third-order valence-corrected chi connectivity index (χ3v) is 8.33. The molecule has 2 aromatic rings. The van der Waals surface area contributed by atoms with Crippen LogP contribution in [0.4, 0.5) is 0 Å². The predicted octanol–water partition coefficient (Wildman–Crippen LogP) is 7.36. The van der Waals surface area contributed by atoms with Crippen LogP contribution < -0.4 is 25.0 Å². The van der Waals surface area contributed by atoms with E-state index in [9.17, 15) is 9.59 Å². The van der Waals surface area contributed by atoms with Gasteiger partial charge in [0.05, 0.1) is 37.3 Å². The minimum absolute atomic E-state index is 0.00210. The summed E-state index contributed by atoms with van der Waals surface area (Å²) in [4.78, 5) is 26.8. The molecule has 0 heterocycles. The average Bonchev–Trinajstić information content (AvgIpc) is 3.16. The van der Waals surface area contributed by atoms with Gasteiger partial charge in [-0.3, -0.25) is 9.59 Å². The maximum Gasteiger partial charge on any atom is 0.220 e. The van der Waals surface area contributed by atoms with Gasteiger partial charge in [0, 0.05) is 12.0 Å². The van der Waals surface area contributed by atoms with Crippen LogP contribution in [0.5, 0.6) is 17.2 Å². The molecule has 0 saturated carbocycles. The summed E-state index contributed by atoms with van der Waals surface area (Å²) in [5.41, 5.74) is 3.06. The first-order chi connectivity index (χ1) is 18.4. The van der Waals surface area contributed by atoms with Gasteiger partial charge in [0.25, 0.3) is 0 Å². The Kier molecular flexibility index (Phi) is 11.7. The number of unbranched alkanes of at least 4 members (excludes halogenated alkanes) is 6. The number of ether oxygens (including phenoxy) is 3. The van der Waals surface area contributed by atoms with Crippen LogP contribution >= 0.6 is 23.4 Å². The van der Waals surface area contributed by atoms with Crippen LogP contribution in [-0.2, 0) is 11.2 Å². The standard InChI is InChI=1S/C30H40ClNO5S/c1-6-7-8-9-10-11-12-13-25(34)32-22-16-14-20-26(19-15-17-24(38-5)23(33)18-21(19)22)28(35-2)30(37-4)29(36-3)27(20)31/h15,17-18,22H,6-14,16H2,1-5H3,(H,32,34)/t22-/m0/s1. The average molecular weight is 562 g/mol. The third-order valence-electron chi connectivity index (χ3n) is 7.15. The van der Waals surface area contributed by atoms with Gasteiger partial charge in [0.1, 0.15) is 0 Å². The molecule has 0 aromatic heterocycles. The van der Waals surface area contributed by atoms with Crippen molar-refractivity contribution in [1.82, 2.24) is 5.32 Å². The molecular weight excluding hydrogens is 522 g/mol. The Labute approximate surface area is 235 Å². The second-order valence-electron chi connectivity index (χ2n) is 9.58. The van der Waals surface area contributed by atoms with E-state index in [-0.39, 0.29) is 17.4 Å². The Morgan fingerprint density at radius 1 is 1.00 bits per heavy atom. The summed E-state index contributed by atoms with van der Waals surface area (Å²) < 4.78 is 17.1. The summed E-state index contributed by atoms with van der Waals surface area (Å²) >= 11 is 8.27. The topological polar surface area (TPSA) is 73.9 Å². The van der Waals surface area contributed by atoms with Gasteiger partial charge in [0.2, 0.25) is 11.7 Å². The summed E-state index contributed by atoms with van der Waals surface area (Å²) in [7, 11) is 4.66. The van der Waals surface area contributed by atoms with Crippen LogP contribution in [0.3, 0.4) is 0 Å². The zero-order chi connectivity index (χ0) is 27.7. The van der Waals surface area contributed by atoms with Gasteiger partial charge in [-0.25, -0.2) is 0 Å². The van der Waals surface area contributed by atoms with Crippen LogP contribution in [0.1, 0.15) is 81.9 Å². The van der Waals surface area contributed by atoms with E-state index in [1.807, 2.05) is 18.4 Å². The lowest BCUT2D eigenvalue weighted by Gasteiger charge is -2.21. The Balaban J connectivity index is 2.01. The number of carbonyl (C=O) groups is 1. The van der Waals surface area contributed by atoms with Gasteiger partial charge in [0.15, 0.2) is 16.9 Å². The zero-order valence-electron chi connectivity index (χ0n) is 23.2. The molecule has 0 fully saturated rings. The molecule has 1 aliphatic rings. The molecule has 0 saturated heterocycles. The van der Waals surface area contributed by atoms with E-state index in [1.165, 1.54) is 37.4 Å². The van der Waals surface area contributed by atoms with Gasteiger partial charge >= 0.3 is 0 Å². The first-order valence-electron chi connectivity index (χ1n) is 13.4. The molecule has 0 aliphatic heterocycles. The molecule has 208 valence electrons. The highest BCUT2D eigenvalue weighted by Gasteiger charge is 2.32. The number of methoxy groups -OCH3 is 3. The number of halogens is 1. The number of thioether (sulfide) groups is 1. The first kappa shape index (κ1) is 30.2. The predicted molar refractivity (Wildman–Crippen MR) is 156 cm³/mol. The fraction of sp³-hybridized carbons (Fsp3) is 0.533. The largest absolute Gasteiger partial charge is 0.492 e. The van der Waals surface area contributed by atoms with Gasteiger partial charge < -0.3 is 19.5 Å². The van der Waals surface area contributed by atoms with Gasteiger partial charge in [-0.1, -0.05) is 63.1 Å². The molecule has 2 aromatic carbocycles. The quantitative estimate of drug-likeness (QED) is 0.203. The molecule has 0 bridgehead atoms. The number of hydrogen-bond acceptors (Lipinski definition) is 6.